The third kappa shape index (κ3) is 5.13. The van der Waals surface area contributed by atoms with Crippen molar-refractivity contribution in [3.63, 3.8) is 0 Å². The lowest BCUT2D eigenvalue weighted by atomic mass is 10.0. The number of benzene rings is 3. The largest absolute Gasteiger partial charge is 0.340 e. The summed E-state index contributed by atoms with van der Waals surface area (Å²) in [5.41, 5.74) is 5.31. The van der Waals surface area contributed by atoms with Crippen molar-refractivity contribution in [2.75, 3.05) is 6.54 Å². The van der Waals surface area contributed by atoms with E-state index in [1.54, 1.807) is 16.9 Å². The van der Waals surface area contributed by atoms with Crippen molar-refractivity contribution < 1.29 is 9.59 Å². The van der Waals surface area contributed by atoms with Gasteiger partial charge in [0.2, 0.25) is 5.91 Å². The normalized spacial score (nSPS) is 15.2. The van der Waals surface area contributed by atoms with Crippen molar-refractivity contribution >= 4 is 22.6 Å². The number of aryl methyl sites for hydroxylation is 1. The van der Waals surface area contributed by atoms with Gasteiger partial charge in [-0.3, -0.25) is 14.6 Å². The maximum atomic E-state index is 13.3. The number of fused-ring (bicyclic) bond motifs is 1. The summed E-state index contributed by atoms with van der Waals surface area (Å²) in [6.45, 7) is 3.58. The van der Waals surface area contributed by atoms with Crippen LogP contribution in [0.3, 0.4) is 0 Å². The highest BCUT2D eigenvalue weighted by Gasteiger charge is 2.33. The summed E-state index contributed by atoms with van der Waals surface area (Å²) in [4.78, 5) is 32.3. The van der Waals surface area contributed by atoms with Crippen LogP contribution in [-0.2, 0) is 17.9 Å². The minimum atomic E-state index is -0.533. The van der Waals surface area contributed by atoms with Crippen molar-refractivity contribution in [2.45, 2.75) is 32.5 Å². The average Bonchev–Trinajstić information content (AvgIpc) is 3.56. The van der Waals surface area contributed by atoms with Crippen LogP contribution in [0.25, 0.3) is 22.0 Å². The lowest BCUT2D eigenvalue weighted by molar-refractivity contribution is -0.129. The first kappa shape index (κ1) is 24.5. The first-order valence-electron chi connectivity index (χ1n) is 13.0. The van der Waals surface area contributed by atoms with Gasteiger partial charge in [0.05, 0.1) is 12.7 Å². The molecule has 2 amide bonds. The van der Waals surface area contributed by atoms with E-state index >= 15 is 0 Å². The van der Waals surface area contributed by atoms with Gasteiger partial charge >= 0.3 is 0 Å². The summed E-state index contributed by atoms with van der Waals surface area (Å²) in [6, 6.07) is 23.0. The first-order chi connectivity index (χ1) is 19.0. The maximum Gasteiger partial charge on any atom is 0.252 e. The van der Waals surface area contributed by atoms with Crippen LogP contribution in [-0.4, -0.2) is 49.3 Å². The molecule has 1 atom stereocenters. The van der Waals surface area contributed by atoms with Gasteiger partial charge in [0, 0.05) is 42.0 Å². The topological polar surface area (TPSA) is 93.0 Å². The number of likely N-dealkylation sites (tertiary alicyclic amines) is 1. The third-order valence-electron chi connectivity index (χ3n) is 7.19. The molecule has 5 aromatic rings. The quantitative estimate of drug-likeness (QED) is 0.347. The number of amides is 2. The average molecular weight is 517 g/mol. The molecule has 8 heteroatoms. The van der Waals surface area contributed by atoms with Crippen LogP contribution >= 0.6 is 0 Å². The predicted molar refractivity (Wildman–Crippen MR) is 149 cm³/mol. The minimum absolute atomic E-state index is 0.0485. The van der Waals surface area contributed by atoms with E-state index in [1.165, 1.54) is 5.56 Å². The van der Waals surface area contributed by atoms with Crippen LogP contribution in [0.4, 0.5) is 0 Å². The molecule has 0 saturated carbocycles. The number of hydrogen-bond donors (Lipinski definition) is 1. The second-order valence-corrected chi connectivity index (χ2v) is 9.92. The Labute approximate surface area is 226 Å². The summed E-state index contributed by atoms with van der Waals surface area (Å²) in [5.74, 6) is -0.310. The zero-order chi connectivity index (χ0) is 26.8. The van der Waals surface area contributed by atoms with Crippen molar-refractivity contribution in [3.8, 4) is 11.3 Å². The van der Waals surface area contributed by atoms with E-state index in [9.17, 15) is 9.59 Å². The molecule has 6 rings (SSSR count). The lowest BCUT2D eigenvalue weighted by Crippen LogP contribution is -2.41. The van der Waals surface area contributed by atoms with Crippen LogP contribution < -0.4 is 5.32 Å². The van der Waals surface area contributed by atoms with Crippen molar-refractivity contribution in [2.24, 2.45) is 0 Å². The smallest absolute Gasteiger partial charge is 0.252 e. The van der Waals surface area contributed by atoms with Crippen LogP contribution in [0.5, 0.6) is 0 Å². The standard InChI is InChI=1S/C31H28N6O2/c1-21-9-11-22(12-10-21)18-36-16-14-28(31(36)39)33-30(38)26-7-3-2-5-24(26)19-37-20-29(34-35-37)27-8-4-6-23-17-32-15-13-25(23)27/h2-13,15,17,20,28H,14,16,18-19H2,1H3,(H,33,38). The number of nitrogens with one attached hydrogen (secondary N) is 1. The van der Waals surface area contributed by atoms with E-state index in [-0.39, 0.29) is 11.8 Å². The molecule has 3 heterocycles. The molecule has 39 heavy (non-hydrogen) atoms. The Kier molecular flexibility index (Phi) is 6.59. The molecule has 0 radical (unpaired) electrons. The number of nitrogens with zero attached hydrogens (tertiary/aromatic N) is 5. The molecule has 1 unspecified atom stereocenters. The Morgan fingerprint density at radius 2 is 1.85 bits per heavy atom. The molecule has 0 aliphatic carbocycles. The van der Waals surface area contributed by atoms with E-state index in [0.29, 0.717) is 31.6 Å². The van der Waals surface area contributed by atoms with Crippen LogP contribution in [0.1, 0.15) is 33.5 Å². The predicted octanol–water partition coefficient (Wildman–Crippen LogP) is 4.38. The van der Waals surface area contributed by atoms with Gasteiger partial charge in [-0.15, -0.1) is 5.10 Å². The van der Waals surface area contributed by atoms with Crippen molar-refractivity contribution in [1.82, 2.24) is 30.2 Å². The number of pyridine rings is 1. The lowest BCUT2D eigenvalue weighted by Gasteiger charge is -2.18. The Bertz CT molecular complexity index is 1650. The molecule has 0 spiro atoms. The maximum absolute atomic E-state index is 13.3. The number of rotatable bonds is 7. The Hall–Kier alpha value is -4.85. The van der Waals surface area contributed by atoms with Gasteiger partial charge in [0.25, 0.3) is 5.91 Å². The highest BCUT2D eigenvalue weighted by Crippen LogP contribution is 2.26. The van der Waals surface area contributed by atoms with Crippen molar-refractivity contribution in [3.05, 3.63) is 114 Å². The third-order valence-corrected chi connectivity index (χ3v) is 7.19. The summed E-state index contributed by atoms with van der Waals surface area (Å²) in [5, 5.41) is 13.8. The summed E-state index contributed by atoms with van der Waals surface area (Å²) >= 11 is 0. The van der Waals surface area contributed by atoms with Gasteiger partial charge in [-0.2, -0.15) is 0 Å². The molecular formula is C31H28N6O2. The van der Waals surface area contributed by atoms with E-state index in [2.05, 4.69) is 20.6 Å². The molecule has 0 bridgehead atoms. The monoisotopic (exact) mass is 516 g/mol. The van der Waals surface area contributed by atoms with Crippen LogP contribution in [0.2, 0.25) is 0 Å². The first-order valence-corrected chi connectivity index (χ1v) is 13.0. The highest BCUT2D eigenvalue weighted by atomic mass is 16.2. The Balaban J connectivity index is 1.15. The fourth-order valence-corrected chi connectivity index (χ4v) is 5.08. The van der Waals surface area contributed by atoms with Gasteiger partial charge in [-0.25, -0.2) is 4.68 Å². The van der Waals surface area contributed by atoms with Gasteiger partial charge < -0.3 is 10.2 Å². The second-order valence-electron chi connectivity index (χ2n) is 9.92. The van der Waals surface area contributed by atoms with E-state index < -0.39 is 6.04 Å². The molecule has 2 aromatic heterocycles. The summed E-state index contributed by atoms with van der Waals surface area (Å²) in [6.07, 6.45) is 6.07. The van der Waals surface area contributed by atoms with Crippen LogP contribution in [0.15, 0.2) is 91.4 Å². The fourth-order valence-electron chi connectivity index (χ4n) is 5.08. The number of carbonyl (C=O) groups is 2. The number of hydrogen-bond acceptors (Lipinski definition) is 5. The molecule has 1 aliphatic heterocycles. The molecule has 1 fully saturated rings. The number of carbonyl (C=O) groups excluding carboxylic acids is 2. The van der Waals surface area contributed by atoms with Gasteiger partial charge in [-0.05, 0) is 42.0 Å². The summed E-state index contributed by atoms with van der Waals surface area (Å²) < 4.78 is 1.73. The van der Waals surface area contributed by atoms with Crippen molar-refractivity contribution in [1.29, 1.82) is 0 Å². The van der Waals surface area contributed by atoms with E-state index in [0.717, 1.165) is 33.2 Å². The Morgan fingerprint density at radius 1 is 1.00 bits per heavy atom. The SMILES string of the molecule is Cc1ccc(CN2CCC(NC(=O)c3ccccc3Cn3cc(-c4cccc5cnccc45)nn3)C2=O)cc1. The van der Waals surface area contributed by atoms with Gasteiger partial charge in [-0.1, -0.05) is 71.4 Å². The number of aromatic nitrogens is 4. The fraction of sp³-hybridized carbons (Fsp3) is 0.194. The Morgan fingerprint density at radius 3 is 2.72 bits per heavy atom. The van der Waals surface area contributed by atoms with E-state index in [4.69, 9.17) is 0 Å². The minimum Gasteiger partial charge on any atom is -0.340 e. The van der Waals surface area contributed by atoms with Gasteiger partial charge in [0.15, 0.2) is 0 Å². The molecule has 1 saturated heterocycles. The van der Waals surface area contributed by atoms with Crippen LogP contribution in [0, 0.1) is 6.92 Å². The molecule has 194 valence electrons. The molecular weight excluding hydrogens is 488 g/mol. The zero-order valence-corrected chi connectivity index (χ0v) is 21.6. The second kappa shape index (κ2) is 10.5. The highest BCUT2D eigenvalue weighted by molar-refractivity contribution is 5.99. The molecule has 3 aromatic carbocycles. The van der Waals surface area contributed by atoms with E-state index in [1.807, 2.05) is 90.9 Å². The molecule has 1 aliphatic rings. The van der Waals surface area contributed by atoms with Gasteiger partial charge in [0.1, 0.15) is 11.7 Å². The molecule has 8 nitrogen and oxygen atoms in total. The summed E-state index contributed by atoms with van der Waals surface area (Å²) in [7, 11) is 0. The zero-order valence-electron chi connectivity index (χ0n) is 21.6. The molecule has 1 N–H and O–H groups in total.